The summed E-state index contributed by atoms with van der Waals surface area (Å²) < 4.78 is 22.4. The molecule has 0 radical (unpaired) electrons. The molecule has 4 N–H and O–H groups in total. The fourth-order valence-electron chi connectivity index (χ4n) is 3.76. The SMILES string of the molecule is CCCCCCCCCCCCCCCCCCCCC(P(=O)(O)O)P(=O)(O)O. The third-order valence-corrected chi connectivity index (χ3v) is 9.47. The summed E-state index contributed by atoms with van der Waals surface area (Å²) in [6.45, 7) is 2.26. The van der Waals surface area contributed by atoms with Gasteiger partial charge in [0.2, 0.25) is 0 Å². The maximum Gasteiger partial charge on any atom is 0.340 e. The Balaban J connectivity index is 3.38. The predicted molar refractivity (Wildman–Crippen MR) is 121 cm³/mol. The molecule has 0 fully saturated rings. The lowest BCUT2D eigenvalue weighted by atomic mass is 10.0. The van der Waals surface area contributed by atoms with Crippen molar-refractivity contribution in [1.82, 2.24) is 0 Å². The molecule has 0 aromatic heterocycles. The van der Waals surface area contributed by atoms with E-state index in [1.807, 2.05) is 0 Å². The van der Waals surface area contributed by atoms with Crippen LogP contribution >= 0.6 is 15.2 Å². The molecule has 0 bridgehead atoms. The van der Waals surface area contributed by atoms with Gasteiger partial charge < -0.3 is 19.6 Å². The smallest absolute Gasteiger partial charge is 0.324 e. The lowest BCUT2D eigenvalue weighted by molar-refractivity contribution is 0.333. The molecule has 0 aromatic rings. The van der Waals surface area contributed by atoms with Gasteiger partial charge in [0.05, 0.1) is 0 Å². The zero-order valence-electron chi connectivity index (χ0n) is 18.5. The highest BCUT2D eigenvalue weighted by Crippen LogP contribution is 2.61. The molecule has 29 heavy (non-hydrogen) atoms. The van der Waals surface area contributed by atoms with E-state index in [4.69, 9.17) is 19.6 Å². The first-order valence-corrected chi connectivity index (χ1v) is 15.2. The second-order valence-electron chi connectivity index (χ2n) is 8.46. The first-order chi connectivity index (χ1) is 13.7. The van der Waals surface area contributed by atoms with Gasteiger partial charge in [-0.3, -0.25) is 9.13 Å². The van der Waals surface area contributed by atoms with E-state index in [0.717, 1.165) is 25.7 Å². The first-order valence-electron chi connectivity index (χ1n) is 11.8. The standard InChI is InChI=1S/C21H46O6P2/c1-2-3-4-5-6-7-8-9-10-11-12-13-14-15-16-17-18-19-20-21(28(22,23)24)29(25,26)27/h21H,2-20H2,1H3,(H2,22,23,24)(H2,25,26,27). The lowest BCUT2D eigenvalue weighted by Gasteiger charge is -2.19. The van der Waals surface area contributed by atoms with E-state index in [-0.39, 0.29) is 6.42 Å². The molecule has 0 aliphatic heterocycles. The van der Waals surface area contributed by atoms with Crippen molar-refractivity contribution >= 4 is 15.2 Å². The number of unbranched alkanes of at least 4 members (excludes halogenated alkanes) is 17. The average molecular weight is 457 g/mol. The number of hydrogen-bond acceptors (Lipinski definition) is 2. The summed E-state index contributed by atoms with van der Waals surface area (Å²) in [6, 6.07) is 0. The Kier molecular flexibility index (Phi) is 18.1. The Morgan fingerprint density at radius 2 is 0.724 bits per heavy atom. The van der Waals surface area contributed by atoms with E-state index < -0.39 is 20.6 Å². The Bertz CT molecular complexity index is 438. The van der Waals surface area contributed by atoms with Gasteiger partial charge in [-0.25, -0.2) is 0 Å². The highest BCUT2D eigenvalue weighted by atomic mass is 31.2. The zero-order valence-corrected chi connectivity index (χ0v) is 20.3. The minimum absolute atomic E-state index is 0.118. The van der Waals surface area contributed by atoms with Crippen LogP contribution in [0.4, 0.5) is 0 Å². The summed E-state index contributed by atoms with van der Waals surface area (Å²) in [5.74, 6) is 0. The second kappa shape index (κ2) is 17.9. The summed E-state index contributed by atoms with van der Waals surface area (Å²) in [4.78, 5) is 36.3. The quantitative estimate of drug-likeness (QED) is 0.108. The Morgan fingerprint density at radius 1 is 0.483 bits per heavy atom. The second-order valence-corrected chi connectivity index (χ2v) is 12.5. The summed E-state index contributed by atoms with van der Waals surface area (Å²) in [5, 5.41) is -1.84. The average Bonchev–Trinajstić information content (AvgIpc) is 2.61. The van der Waals surface area contributed by atoms with E-state index in [0.29, 0.717) is 6.42 Å². The number of hydrogen-bond donors (Lipinski definition) is 4. The molecule has 0 saturated heterocycles. The maximum absolute atomic E-state index is 11.2. The summed E-state index contributed by atoms with van der Waals surface area (Å²) >= 11 is 0. The van der Waals surface area contributed by atoms with Gasteiger partial charge in [0.1, 0.15) is 0 Å². The third-order valence-electron chi connectivity index (χ3n) is 5.59. The highest BCUT2D eigenvalue weighted by molar-refractivity contribution is 7.70. The molecule has 0 atom stereocenters. The van der Waals surface area contributed by atoms with E-state index in [1.165, 1.54) is 83.5 Å². The monoisotopic (exact) mass is 456 g/mol. The molecule has 8 heteroatoms. The minimum Gasteiger partial charge on any atom is -0.324 e. The molecule has 0 amide bonds. The van der Waals surface area contributed by atoms with Gasteiger partial charge in [0.15, 0.2) is 5.40 Å². The normalized spacial score (nSPS) is 12.8. The largest absolute Gasteiger partial charge is 0.340 e. The molecule has 0 aromatic carbocycles. The molecule has 0 rings (SSSR count). The van der Waals surface area contributed by atoms with Crippen molar-refractivity contribution in [3.05, 3.63) is 0 Å². The van der Waals surface area contributed by atoms with Crippen molar-refractivity contribution < 1.29 is 28.7 Å². The van der Waals surface area contributed by atoms with Crippen LogP contribution in [-0.2, 0) is 9.13 Å². The van der Waals surface area contributed by atoms with Gasteiger partial charge in [-0.1, -0.05) is 122 Å². The Labute approximate surface area is 178 Å². The van der Waals surface area contributed by atoms with Crippen LogP contribution in [-0.4, -0.2) is 25.0 Å². The molecule has 0 heterocycles. The van der Waals surface area contributed by atoms with Crippen LogP contribution in [0.2, 0.25) is 0 Å². The van der Waals surface area contributed by atoms with Crippen LogP contribution in [0.3, 0.4) is 0 Å². The van der Waals surface area contributed by atoms with Crippen LogP contribution in [0.1, 0.15) is 129 Å². The van der Waals surface area contributed by atoms with Crippen molar-refractivity contribution in [2.45, 2.75) is 134 Å². The Hall–Kier alpha value is 0.300. The maximum atomic E-state index is 11.2. The summed E-state index contributed by atoms with van der Waals surface area (Å²) in [7, 11) is -9.51. The van der Waals surface area contributed by atoms with Crippen LogP contribution in [0.25, 0.3) is 0 Å². The van der Waals surface area contributed by atoms with Crippen molar-refractivity contribution in [2.75, 3.05) is 0 Å². The Morgan fingerprint density at radius 3 is 0.966 bits per heavy atom. The van der Waals surface area contributed by atoms with Gasteiger partial charge in [0.25, 0.3) is 0 Å². The summed E-state index contributed by atoms with van der Waals surface area (Å²) in [5.41, 5.74) is 0. The van der Waals surface area contributed by atoms with Gasteiger partial charge in [-0.15, -0.1) is 0 Å². The molecular formula is C21H46O6P2. The van der Waals surface area contributed by atoms with Crippen molar-refractivity contribution in [2.24, 2.45) is 0 Å². The molecule has 176 valence electrons. The fourth-order valence-corrected chi connectivity index (χ4v) is 6.37. The molecular weight excluding hydrogens is 410 g/mol. The molecule has 0 unspecified atom stereocenters. The van der Waals surface area contributed by atoms with E-state index in [2.05, 4.69) is 6.92 Å². The molecule has 0 spiro atoms. The predicted octanol–water partition coefficient (Wildman–Crippen LogP) is 7.10. The van der Waals surface area contributed by atoms with Crippen molar-refractivity contribution in [3.63, 3.8) is 0 Å². The van der Waals surface area contributed by atoms with Crippen molar-refractivity contribution in [1.29, 1.82) is 0 Å². The van der Waals surface area contributed by atoms with Gasteiger partial charge in [-0.2, -0.15) is 0 Å². The first kappa shape index (κ1) is 29.3. The molecule has 0 aliphatic carbocycles. The minimum atomic E-state index is -4.75. The third kappa shape index (κ3) is 18.8. The van der Waals surface area contributed by atoms with Gasteiger partial charge >= 0.3 is 15.2 Å². The van der Waals surface area contributed by atoms with Crippen molar-refractivity contribution in [3.8, 4) is 0 Å². The summed E-state index contributed by atoms with van der Waals surface area (Å²) in [6.07, 6.45) is 21.8. The van der Waals surface area contributed by atoms with E-state index in [1.54, 1.807) is 0 Å². The molecule has 0 saturated carbocycles. The van der Waals surface area contributed by atoms with Crippen LogP contribution in [0.15, 0.2) is 0 Å². The molecule has 0 aliphatic rings. The van der Waals surface area contributed by atoms with E-state index in [9.17, 15) is 9.13 Å². The topological polar surface area (TPSA) is 115 Å². The van der Waals surface area contributed by atoms with Crippen LogP contribution in [0.5, 0.6) is 0 Å². The number of rotatable bonds is 21. The van der Waals surface area contributed by atoms with Gasteiger partial charge in [0, 0.05) is 0 Å². The van der Waals surface area contributed by atoms with Gasteiger partial charge in [-0.05, 0) is 6.42 Å². The van der Waals surface area contributed by atoms with Crippen LogP contribution in [0, 0.1) is 0 Å². The molecule has 6 nitrogen and oxygen atoms in total. The van der Waals surface area contributed by atoms with Crippen LogP contribution < -0.4 is 0 Å². The lowest BCUT2D eigenvalue weighted by Crippen LogP contribution is -2.09. The van der Waals surface area contributed by atoms with E-state index >= 15 is 0 Å². The zero-order chi connectivity index (χ0) is 22.0. The highest BCUT2D eigenvalue weighted by Gasteiger charge is 2.42. The fraction of sp³-hybridized carbons (Fsp3) is 1.00.